The van der Waals surface area contributed by atoms with Crippen molar-refractivity contribution < 1.29 is 15.0 Å². The fraction of sp³-hybridized carbons (Fsp3) is 0. The first-order chi connectivity index (χ1) is 5.11. The van der Waals surface area contributed by atoms with Crippen LogP contribution in [0.4, 0.5) is 0 Å². The average Bonchev–Trinajstić information content (AvgIpc) is 1.94. The zero-order valence-corrected chi connectivity index (χ0v) is 6.17. The van der Waals surface area contributed by atoms with Crippen LogP contribution in [0.5, 0.6) is 11.5 Å². The summed E-state index contributed by atoms with van der Waals surface area (Å²) < 4.78 is 0. The number of carbonyl (C=O) groups excluding carboxylic acids is 1. The second kappa shape index (κ2) is 2.80. The number of hydrogen-bond acceptors (Lipinski definition) is 3. The fourth-order valence-electron chi connectivity index (χ4n) is 0.681. The molecule has 0 spiro atoms. The molecule has 2 N–H and O–H groups in total. The fourth-order valence-corrected chi connectivity index (χ4v) is 0.833. The lowest BCUT2D eigenvalue weighted by atomic mass is 10.2. The molecule has 4 heteroatoms. The lowest BCUT2D eigenvalue weighted by Crippen LogP contribution is -1.88. The molecule has 0 aliphatic carbocycles. The first-order valence-corrected chi connectivity index (χ1v) is 3.21. The van der Waals surface area contributed by atoms with Crippen LogP contribution in [0.1, 0.15) is 10.4 Å². The lowest BCUT2D eigenvalue weighted by molar-refractivity contribution is 0.107. The molecule has 0 bridgehead atoms. The highest BCUT2D eigenvalue weighted by atomic mass is 35.5. The number of hydrogen-bond donors (Lipinski definition) is 2. The van der Waals surface area contributed by atoms with E-state index in [9.17, 15) is 4.79 Å². The number of aromatic hydroxyl groups is 2. The maximum atomic E-state index is 10.5. The van der Waals surface area contributed by atoms with Crippen molar-refractivity contribution in [1.29, 1.82) is 0 Å². The van der Waals surface area contributed by atoms with E-state index >= 15 is 0 Å². The van der Waals surface area contributed by atoms with E-state index in [1.54, 1.807) is 0 Å². The standard InChI is InChI=1S/C7H5ClO3/c8-7(11)5-3-4(9)1-2-6(5)10/h1-3,9-10H. The van der Waals surface area contributed by atoms with Crippen molar-refractivity contribution in [3.05, 3.63) is 23.8 Å². The summed E-state index contributed by atoms with van der Waals surface area (Å²) in [4.78, 5) is 10.5. The largest absolute Gasteiger partial charge is 0.508 e. The Morgan fingerprint density at radius 3 is 2.45 bits per heavy atom. The van der Waals surface area contributed by atoms with Gasteiger partial charge in [-0.1, -0.05) is 0 Å². The van der Waals surface area contributed by atoms with Gasteiger partial charge in [-0.05, 0) is 29.8 Å². The molecule has 1 aromatic carbocycles. The van der Waals surface area contributed by atoms with Gasteiger partial charge in [-0.2, -0.15) is 0 Å². The monoisotopic (exact) mass is 172 g/mol. The molecule has 0 heterocycles. The van der Waals surface area contributed by atoms with E-state index in [1.165, 1.54) is 12.1 Å². The second-order valence-electron chi connectivity index (χ2n) is 1.98. The molecule has 0 aromatic heterocycles. The van der Waals surface area contributed by atoms with Crippen LogP contribution in [0.3, 0.4) is 0 Å². The molecule has 1 rings (SSSR count). The van der Waals surface area contributed by atoms with Crippen molar-refractivity contribution in [2.75, 3.05) is 0 Å². The Balaban J connectivity index is 3.23. The van der Waals surface area contributed by atoms with Gasteiger partial charge >= 0.3 is 0 Å². The van der Waals surface area contributed by atoms with E-state index in [4.69, 9.17) is 21.8 Å². The average molecular weight is 173 g/mol. The second-order valence-corrected chi connectivity index (χ2v) is 2.32. The summed E-state index contributed by atoms with van der Waals surface area (Å²) >= 11 is 5.07. The SMILES string of the molecule is O=C(Cl)c1cc(O)ccc1O. The number of phenols is 2. The van der Waals surface area contributed by atoms with Gasteiger partial charge < -0.3 is 10.2 Å². The molecule has 1 aromatic rings. The zero-order valence-electron chi connectivity index (χ0n) is 5.41. The molecule has 0 unspecified atom stereocenters. The Bertz CT molecular complexity index is 296. The van der Waals surface area contributed by atoms with Crippen LogP contribution >= 0.6 is 11.6 Å². The molecule has 3 nitrogen and oxygen atoms in total. The molecule has 0 aliphatic heterocycles. The van der Waals surface area contributed by atoms with E-state index in [2.05, 4.69) is 0 Å². The number of halogens is 1. The minimum Gasteiger partial charge on any atom is -0.508 e. The Hall–Kier alpha value is -1.22. The highest BCUT2D eigenvalue weighted by Crippen LogP contribution is 2.23. The van der Waals surface area contributed by atoms with Crippen molar-refractivity contribution in [1.82, 2.24) is 0 Å². The first-order valence-electron chi connectivity index (χ1n) is 2.83. The van der Waals surface area contributed by atoms with Crippen molar-refractivity contribution in [2.45, 2.75) is 0 Å². The molecule has 58 valence electrons. The van der Waals surface area contributed by atoms with Gasteiger partial charge in [0.1, 0.15) is 11.5 Å². The van der Waals surface area contributed by atoms with E-state index in [-0.39, 0.29) is 17.1 Å². The Labute approximate surface area is 67.8 Å². The summed E-state index contributed by atoms with van der Waals surface area (Å²) in [5, 5.41) is 17.1. The Morgan fingerprint density at radius 2 is 2.00 bits per heavy atom. The van der Waals surface area contributed by atoms with E-state index in [1.807, 2.05) is 0 Å². The summed E-state index contributed by atoms with van der Waals surface area (Å²) in [6.07, 6.45) is 0. The van der Waals surface area contributed by atoms with Gasteiger partial charge in [0.25, 0.3) is 5.24 Å². The van der Waals surface area contributed by atoms with Crippen molar-refractivity contribution >= 4 is 16.8 Å². The predicted octanol–water partition coefficient (Wildman–Crippen LogP) is 1.48. The highest BCUT2D eigenvalue weighted by molar-refractivity contribution is 6.68. The molecule has 0 radical (unpaired) electrons. The van der Waals surface area contributed by atoms with Crippen molar-refractivity contribution in [2.24, 2.45) is 0 Å². The van der Waals surface area contributed by atoms with Gasteiger partial charge in [-0.3, -0.25) is 4.79 Å². The van der Waals surface area contributed by atoms with Crippen molar-refractivity contribution in [3.63, 3.8) is 0 Å². The minimum atomic E-state index is -0.793. The van der Waals surface area contributed by atoms with Gasteiger partial charge in [-0.25, -0.2) is 0 Å². The van der Waals surface area contributed by atoms with Crippen LogP contribution in [0, 0.1) is 0 Å². The van der Waals surface area contributed by atoms with Gasteiger partial charge in [0, 0.05) is 0 Å². The predicted molar refractivity (Wildman–Crippen MR) is 40.0 cm³/mol. The minimum absolute atomic E-state index is 0.0910. The quantitative estimate of drug-likeness (QED) is 0.498. The Morgan fingerprint density at radius 1 is 1.36 bits per heavy atom. The Kier molecular flexibility index (Phi) is 2.01. The topological polar surface area (TPSA) is 57.5 Å². The number of benzene rings is 1. The molecule has 0 amide bonds. The van der Waals surface area contributed by atoms with Crippen LogP contribution < -0.4 is 0 Å². The number of rotatable bonds is 1. The molecule has 11 heavy (non-hydrogen) atoms. The summed E-state index contributed by atoms with van der Waals surface area (Å²) in [7, 11) is 0. The first kappa shape index (κ1) is 7.88. The zero-order chi connectivity index (χ0) is 8.43. The summed E-state index contributed by atoms with van der Waals surface area (Å²) in [5.74, 6) is -0.338. The van der Waals surface area contributed by atoms with Gasteiger partial charge in [0.15, 0.2) is 0 Å². The molecular formula is C7H5ClO3. The van der Waals surface area contributed by atoms with Crippen molar-refractivity contribution in [3.8, 4) is 11.5 Å². The summed E-state index contributed by atoms with van der Waals surface area (Å²) in [6.45, 7) is 0. The van der Waals surface area contributed by atoms with Gasteiger partial charge in [-0.15, -0.1) is 0 Å². The highest BCUT2D eigenvalue weighted by Gasteiger charge is 2.07. The van der Waals surface area contributed by atoms with Crippen LogP contribution in [-0.2, 0) is 0 Å². The summed E-state index contributed by atoms with van der Waals surface area (Å²) in [5.41, 5.74) is -0.0910. The third-order valence-electron chi connectivity index (χ3n) is 1.19. The number of phenolic OH excluding ortho intramolecular Hbond substituents is 2. The number of carbonyl (C=O) groups is 1. The molecule has 0 atom stereocenters. The van der Waals surface area contributed by atoms with Crippen LogP contribution in [-0.4, -0.2) is 15.5 Å². The lowest BCUT2D eigenvalue weighted by Gasteiger charge is -1.98. The maximum absolute atomic E-state index is 10.5. The molecule has 0 fully saturated rings. The third kappa shape index (κ3) is 1.62. The maximum Gasteiger partial charge on any atom is 0.256 e. The molecular weight excluding hydrogens is 168 g/mol. The molecule has 0 saturated carbocycles. The van der Waals surface area contributed by atoms with Gasteiger partial charge in [0.05, 0.1) is 5.56 Å². The van der Waals surface area contributed by atoms with E-state index < -0.39 is 5.24 Å². The van der Waals surface area contributed by atoms with E-state index in [0.29, 0.717) is 0 Å². The van der Waals surface area contributed by atoms with Crippen LogP contribution in [0.15, 0.2) is 18.2 Å². The van der Waals surface area contributed by atoms with E-state index in [0.717, 1.165) is 6.07 Å². The molecule has 0 aliphatic rings. The normalized spacial score (nSPS) is 9.55. The van der Waals surface area contributed by atoms with Gasteiger partial charge in [0.2, 0.25) is 0 Å². The summed E-state index contributed by atoms with van der Waals surface area (Å²) in [6, 6.07) is 3.56. The van der Waals surface area contributed by atoms with Crippen LogP contribution in [0.2, 0.25) is 0 Å². The smallest absolute Gasteiger partial charge is 0.256 e. The van der Waals surface area contributed by atoms with Crippen LogP contribution in [0.25, 0.3) is 0 Å². The molecule has 0 saturated heterocycles. The third-order valence-corrected chi connectivity index (χ3v) is 1.40.